The van der Waals surface area contributed by atoms with Gasteiger partial charge >= 0.3 is 0 Å². The molecule has 1 saturated carbocycles. The highest BCUT2D eigenvalue weighted by molar-refractivity contribution is 5.84. The first kappa shape index (κ1) is 13.9. The molecule has 0 amide bonds. The Morgan fingerprint density at radius 3 is 2.68 bits per heavy atom. The summed E-state index contributed by atoms with van der Waals surface area (Å²) >= 11 is 0. The molecule has 1 heteroatoms. The Balaban J connectivity index is 1.84. The zero-order valence-electron chi connectivity index (χ0n) is 11.7. The van der Waals surface area contributed by atoms with E-state index in [0.717, 1.165) is 24.8 Å². The fourth-order valence-corrected chi connectivity index (χ4v) is 2.45. The fourth-order valence-electron chi connectivity index (χ4n) is 2.45. The summed E-state index contributed by atoms with van der Waals surface area (Å²) in [6.07, 6.45) is 6.03. The molecular formula is C18H22O. The number of hydrogen-bond donors (Lipinski definition) is 0. The van der Waals surface area contributed by atoms with Crippen LogP contribution >= 0.6 is 0 Å². The summed E-state index contributed by atoms with van der Waals surface area (Å²) in [4.78, 5) is 12.2. The van der Waals surface area contributed by atoms with Gasteiger partial charge < -0.3 is 0 Å². The van der Waals surface area contributed by atoms with Gasteiger partial charge in [-0.25, -0.2) is 0 Å². The number of unbranched alkanes of at least 4 members (excludes halogenated alkanes) is 2. The van der Waals surface area contributed by atoms with E-state index in [1.165, 1.54) is 12.8 Å². The van der Waals surface area contributed by atoms with E-state index in [9.17, 15) is 4.79 Å². The van der Waals surface area contributed by atoms with Crippen LogP contribution in [0.4, 0.5) is 0 Å². The van der Waals surface area contributed by atoms with Crippen molar-refractivity contribution in [2.24, 2.45) is 11.8 Å². The largest absolute Gasteiger partial charge is 0.299 e. The highest BCUT2D eigenvalue weighted by Crippen LogP contribution is 2.35. The van der Waals surface area contributed by atoms with Crippen molar-refractivity contribution in [3.8, 4) is 11.8 Å². The van der Waals surface area contributed by atoms with Crippen LogP contribution in [0.2, 0.25) is 0 Å². The van der Waals surface area contributed by atoms with Crippen molar-refractivity contribution < 1.29 is 4.79 Å². The summed E-state index contributed by atoms with van der Waals surface area (Å²) in [5, 5.41) is 0. The third-order valence-electron chi connectivity index (χ3n) is 3.85. The standard InChI is InChI=1S/C18H22O/c1-2-3-4-8-11-16-12-13-17(16)18(19)14-15-9-6-5-7-10-15/h5-7,9-10,16-17H,2-4,12-14H2,1H3/t16-,17-/m1/s1. The van der Waals surface area contributed by atoms with Crippen LogP contribution in [-0.2, 0) is 11.2 Å². The van der Waals surface area contributed by atoms with Gasteiger partial charge in [-0.05, 0) is 24.8 Å². The van der Waals surface area contributed by atoms with Crippen LogP contribution in [0.3, 0.4) is 0 Å². The molecule has 1 fully saturated rings. The second-order valence-corrected chi connectivity index (χ2v) is 5.34. The van der Waals surface area contributed by atoms with E-state index in [1.807, 2.05) is 30.3 Å². The maximum absolute atomic E-state index is 12.2. The first-order valence-corrected chi connectivity index (χ1v) is 7.36. The van der Waals surface area contributed by atoms with E-state index < -0.39 is 0 Å². The van der Waals surface area contributed by atoms with Crippen molar-refractivity contribution in [3.63, 3.8) is 0 Å². The Morgan fingerprint density at radius 1 is 1.26 bits per heavy atom. The lowest BCUT2D eigenvalue weighted by Crippen LogP contribution is -2.33. The predicted molar refractivity (Wildman–Crippen MR) is 78.7 cm³/mol. The lowest BCUT2D eigenvalue weighted by Gasteiger charge is -2.31. The molecule has 1 nitrogen and oxygen atoms in total. The minimum absolute atomic E-state index is 0.189. The topological polar surface area (TPSA) is 17.1 Å². The molecule has 2 rings (SSSR count). The molecule has 1 aliphatic rings. The molecule has 0 radical (unpaired) electrons. The Labute approximate surface area is 116 Å². The molecular weight excluding hydrogens is 232 g/mol. The van der Waals surface area contributed by atoms with Gasteiger partial charge in [-0.2, -0.15) is 0 Å². The predicted octanol–water partition coefficient (Wildman–Crippen LogP) is 4.02. The average molecular weight is 254 g/mol. The van der Waals surface area contributed by atoms with Crippen LogP contribution in [0.5, 0.6) is 0 Å². The number of hydrogen-bond acceptors (Lipinski definition) is 1. The van der Waals surface area contributed by atoms with Crippen molar-refractivity contribution in [2.75, 3.05) is 0 Å². The van der Waals surface area contributed by atoms with E-state index in [1.54, 1.807) is 0 Å². The van der Waals surface area contributed by atoms with Gasteiger partial charge in [-0.15, -0.1) is 5.92 Å². The van der Waals surface area contributed by atoms with E-state index >= 15 is 0 Å². The van der Waals surface area contributed by atoms with Crippen LogP contribution < -0.4 is 0 Å². The molecule has 1 aliphatic carbocycles. The van der Waals surface area contributed by atoms with Crippen LogP contribution in [0.1, 0.15) is 44.6 Å². The van der Waals surface area contributed by atoms with Gasteiger partial charge in [0.25, 0.3) is 0 Å². The summed E-state index contributed by atoms with van der Waals surface area (Å²) in [6, 6.07) is 10.0. The van der Waals surface area contributed by atoms with E-state index in [2.05, 4.69) is 18.8 Å². The van der Waals surface area contributed by atoms with Gasteiger partial charge in [0, 0.05) is 24.7 Å². The number of carbonyl (C=O) groups is 1. The van der Waals surface area contributed by atoms with Crippen molar-refractivity contribution in [1.29, 1.82) is 0 Å². The molecule has 0 aliphatic heterocycles. The molecule has 100 valence electrons. The minimum atomic E-state index is 0.189. The molecule has 1 aromatic rings. The summed E-state index contributed by atoms with van der Waals surface area (Å²) in [7, 11) is 0. The molecule has 19 heavy (non-hydrogen) atoms. The minimum Gasteiger partial charge on any atom is -0.299 e. The molecule has 0 spiro atoms. The van der Waals surface area contributed by atoms with Crippen molar-refractivity contribution in [3.05, 3.63) is 35.9 Å². The number of ketones is 1. The Kier molecular flexibility index (Phi) is 5.21. The van der Waals surface area contributed by atoms with Crippen molar-refractivity contribution >= 4 is 5.78 Å². The summed E-state index contributed by atoms with van der Waals surface area (Å²) < 4.78 is 0. The summed E-state index contributed by atoms with van der Waals surface area (Å²) in [5.41, 5.74) is 1.12. The molecule has 0 heterocycles. The molecule has 1 aromatic carbocycles. The van der Waals surface area contributed by atoms with Gasteiger partial charge in [0.05, 0.1) is 0 Å². The van der Waals surface area contributed by atoms with Crippen LogP contribution in [0.15, 0.2) is 30.3 Å². The second-order valence-electron chi connectivity index (χ2n) is 5.34. The lowest BCUT2D eigenvalue weighted by atomic mass is 9.70. The highest BCUT2D eigenvalue weighted by atomic mass is 16.1. The quantitative estimate of drug-likeness (QED) is 0.573. The smallest absolute Gasteiger partial charge is 0.141 e. The maximum Gasteiger partial charge on any atom is 0.141 e. The monoisotopic (exact) mass is 254 g/mol. The van der Waals surface area contributed by atoms with Crippen LogP contribution in [-0.4, -0.2) is 5.78 Å². The van der Waals surface area contributed by atoms with Crippen molar-refractivity contribution in [2.45, 2.75) is 45.4 Å². The van der Waals surface area contributed by atoms with Crippen LogP contribution in [0, 0.1) is 23.7 Å². The number of benzene rings is 1. The molecule has 0 bridgehead atoms. The Bertz CT molecular complexity index is 463. The molecule has 0 aromatic heterocycles. The maximum atomic E-state index is 12.2. The molecule has 0 saturated heterocycles. The average Bonchev–Trinajstić information content (AvgIpc) is 2.38. The Morgan fingerprint density at radius 2 is 2.05 bits per heavy atom. The molecule has 0 unspecified atom stereocenters. The van der Waals surface area contributed by atoms with E-state index in [4.69, 9.17) is 0 Å². The fraction of sp³-hybridized carbons (Fsp3) is 0.500. The first-order chi connectivity index (χ1) is 9.31. The SMILES string of the molecule is CCCCC#C[C@@H]1CC[C@H]1C(=O)Cc1ccccc1. The zero-order valence-corrected chi connectivity index (χ0v) is 11.7. The number of carbonyl (C=O) groups excluding carboxylic acids is 1. The normalized spacial score (nSPS) is 21.1. The van der Waals surface area contributed by atoms with Gasteiger partial charge in [0.1, 0.15) is 5.78 Å². The second kappa shape index (κ2) is 7.14. The van der Waals surface area contributed by atoms with E-state index in [0.29, 0.717) is 18.1 Å². The Hall–Kier alpha value is -1.55. The van der Waals surface area contributed by atoms with Crippen LogP contribution in [0.25, 0.3) is 0 Å². The number of rotatable bonds is 5. The lowest BCUT2D eigenvalue weighted by molar-refractivity contribution is -0.126. The van der Waals surface area contributed by atoms with Gasteiger partial charge in [0.15, 0.2) is 0 Å². The highest BCUT2D eigenvalue weighted by Gasteiger charge is 2.34. The molecule has 2 atom stereocenters. The van der Waals surface area contributed by atoms with Gasteiger partial charge in [-0.1, -0.05) is 49.6 Å². The number of Topliss-reactive ketones (excluding diaryl/α,β-unsaturated/α-hetero) is 1. The summed E-state index contributed by atoms with van der Waals surface area (Å²) in [5.74, 6) is 7.42. The summed E-state index contributed by atoms with van der Waals surface area (Å²) in [6.45, 7) is 2.18. The van der Waals surface area contributed by atoms with E-state index in [-0.39, 0.29) is 5.92 Å². The zero-order chi connectivity index (χ0) is 13.5. The van der Waals surface area contributed by atoms with Gasteiger partial charge in [-0.3, -0.25) is 4.79 Å². The van der Waals surface area contributed by atoms with Crippen molar-refractivity contribution in [1.82, 2.24) is 0 Å². The van der Waals surface area contributed by atoms with Gasteiger partial charge in [0.2, 0.25) is 0 Å². The first-order valence-electron chi connectivity index (χ1n) is 7.36. The molecule has 0 N–H and O–H groups in total. The third kappa shape index (κ3) is 3.96. The third-order valence-corrected chi connectivity index (χ3v) is 3.85.